The van der Waals surface area contributed by atoms with Crippen LogP contribution in [0.3, 0.4) is 0 Å². The Morgan fingerprint density at radius 3 is 1.91 bits per heavy atom. The summed E-state index contributed by atoms with van der Waals surface area (Å²) in [5, 5.41) is 11.9. The molecule has 2 atom stereocenters. The number of carbonyl (C=O) groups excluding carboxylic acids is 1. The summed E-state index contributed by atoms with van der Waals surface area (Å²) in [6.45, 7) is 2.24. The van der Waals surface area contributed by atoms with Crippen molar-refractivity contribution in [2.45, 2.75) is 45.1 Å². The molecule has 1 N–H and O–H groups in total. The number of amides is 1. The van der Waals surface area contributed by atoms with Gasteiger partial charge in [-0.1, -0.05) is 53.5 Å². The van der Waals surface area contributed by atoms with Crippen LogP contribution < -0.4 is 0 Å². The molecule has 240 valence electrons. The van der Waals surface area contributed by atoms with Gasteiger partial charge in [-0.15, -0.1) is 22.7 Å². The first-order valence-electron chi connectivity index (χ1n) is 15.2. The van der Waals surface area contributed by atoms with Crippen LogP contribution in [0.2, 0.25) is 10.3 Å². The molecule has 46 heavy (non-hydrogen) atoms. The van der Waals surface area contributed by atoms with Crippen LogP contribution >= 0.6 is 45.9 Å². The lowest BCUT2D eigenvalue weighted by atomic mass is 9.87. The summed E-state index contributed by atoms with van der Waals surface area (Å²) in [7, 11) is 4.08. The van der Waals surface area contributed by atoms with Crippen molar-refractivity contribution in [3.05, 3.63) is 79.7 Å². The fourth-order valence-electron chi connectivity index (χ4n) is 6.21. The predicted molar refractivity (Wildman–Crippen MR) is 184 cm³/mol. The summed E-state index contributed by atoms with van der Waals surface area (Å²) in [4.78, 5) is 49.4. The van der Waals surface area contributed by atoms with Crippen LogP contribution in [0.4, 0.5) is 0 Å². The second-order valence-corrected chi connectivity index (χ2v) is 14.8. The van der Waals surface area contributed by atoms with E-state index >= 15 is 0 Å². The van der Waals surface area contributed by atoms with E-state index in [0.29, 0.717) is 29.7 Å². The summed E-state index contributed by atoms with van der Waals surface area (Å²) in [6, 6.07) is 10.2. The molecule has 2 aliphatic rings. The number of hydrogen-bond donors (Lipinski definition) is 1. The Bertz CT molecular complexity index is 1880. The molecule has 4 heterocycles. The minimum Gasteiger partial charge on any atom is -0.481 e. The number of carboxylic acid groups (broad SMARTS) is 1. The second-order valence-electron chi connectivity index (χ2n) is 12.0. The molecule has 4 aromatic heterocycles. The van der Waals surface area contributed by atoms with Crippen LogP contribution in [0.1, 0.15) is 39.3 Å². The van der Waals surface area contributed by atoms with E-state index in [4.69, 9.17) is 28.3 Å². The summed E-state index contributed by atoms with van der Waals surface area (Å²) in [5.41, 5.74) is 3.55. The fourth-order valence-corrected chi connectivity index (χ4v) is 9.36. The summed E-state index contributed by atoms with van der Waals surface area (Å²) in [5.74, 6) is -0.739. The zero-order valence-corrected chi connectivity index (χ0v) is 28.7. The van der Waals surface area contributed by atoms with Crippen LogP contribution in [0.5, 0.6) is 0 Å². The third-order valence-corrected chi connectivity index (χ3v) is 11.5. The number of rotatable bonds is 7. The molecule has 1 amide bonds. The number of carbonyl (C=O) groups is 2. The average Bonchev–Trinajstić information content (AvgIpc) is 3.62. The Hall–Kier alpha value is -3.22. The van der Waals surface area contributed by atoms with Gasteiger partial charge in [-0.3, -0.25) is 9.59 Å². The van der Waals surface area contributed by atoms with Gasteiger partial charge in [0.2, 0.25) is 5.91 Å². The smallest absolute Gasteiger partial charge is 0.306 e. The second kappa shape index (κ2) is 14.3. The summed E-state index contributed by atoms with van der Waals surface area (Å²) < 4.78 is 0. The standard InChI is InChI=1S/C22H25ClN4OS.C11H9ClN2O2S/c1-26(2)10-11-27(13-15-6-4-3-5-7-15)22(28)16-8-9-17-18(12-16)29-21-19(17)20(23)24-14-25-21;12-9-8-6-2-1-5(11(15)16)3-7(6)17-10(8)14-4-13-9/h3-7,14,16H,8-13H2,1-2H3;4-5H,1-3H2,(H,15,16). The van der Waals surface area contributed by atoms with Gasteiger partial charge >= 0.3 is 5.97 Å². The number of likely N-dealkylation sites (N-methyl/N-ethyl adjacent to an activating group) is 1. The van der Waals surface area contributed by atoms with E-state index in [1.54, 1.807) is 11.3 Å². The van der Waals surface area contributed by atoms with E-state index < -0.39 is 5.97 Å². The highest BCUT2D eigenvalue weighted by molar-refractivity contribution is 7.19. The Kier molecular flexibility index (Phi) is 10.1. The lowest BCUT2D eigenvalue weighted by Crippen LogP contribution is -2.41. The third kappa shape index (κ3) is 7.03. The number of nitrogens with zero attached hydrogens (tertiary/aromatic N) is 6. The van der Waals surface area contributed by atoms with Crippen molar-refractivity contribution in [1.82, 2.24) is 29.7 Å². The largest absolute Gasteiger partial charge is 0.481 e. The number of halogens is 2. The molecule has 0 saturated heterocycles. The van der Waals surface area contributed by atoms with Gasteiger partial charge in [-0.2, -0.15) is 0 Å². The highest BCUT2D eigenvalue weighted by Gasteiger charge is 2.32. The summed E-state index contributed by atoms with van der Waals surface area (Å²) in [6.07, 6.45) is 7.42. The lowest BCUT2D eigenvalue weighted by molar-refractivity contribution is -0.142. The van der Waals surface area contributed by atoms with E-state index in [-0.39, 0.29) is 17.7 Å². The van der Waals surface area contributed by atoms with Gasteiger partial charge in [0.1, 0.15) is 32.6 Å². The van der Waals surface area contributed by atoms with E-state index in [1.807, 2.05) is 37.2 Å². The Balaban J connectivity index is 0.000000185. The van der Waals surface area contributed by atoms with Crippen molar-refractivity contribution in [2.75, 3.05) is 27.2 Å². The van der Waals surface area contributed by atoms with E-state index in [1.165, 1.54) is 40.0 Å². The van der Waals surface area contributed by atoms with Crippen LogP contribution in [0, 0.1) is 11.8 Å². The van der Waals surface area contributed by atoms with Crippen molar-refractivity contribution in [1.29, 1.82) is 0 Å². The first-order chi connectivity index (χ1) is 22.2. The minimum atomic E-state index is -0.717. The van der Waals surface area contributed by atoms with E-state index in [9.17, 15) is 9.59 Å². The fraction of sp³-hybridized carbons (Fsp3) is 0.394. The molecular formula is C33H34Cl2N6O3S2. The molecule has 0 saturated carbocycles. The molecule has 0 radical (unpaired) electrons. The highest BCUT2D eigenvalue weighted by atomic mass is 35.5. The Labute approximate surface area is 285 Å². The first-order valence-corrected chi connectivity index (χ1v) is 17.6. The topological polar surface area (TPSA) is 112 Å². The zero-order valence-electron chi connectivity index (χ0n) is 25.6. The molecule has 0 fully saturated rings. The van der Waals surface area contributed by atoms with Gasteiger partial charge in [0.25, 0.3) is 0 Å². The maximum atomic E-state index is 13.5. The maximum absolute atomic E-state index is 13.5. The van der Waals surface area contributed by atoms with Crippen molar-refractivity contribution in [3.63, 3.8) is 0 Å². The molecule has 0 aliphatic heterocycles. The zero-order chi connectivity index (χ0) is 32.4. The number of hydrogen-bond acceptors (Lipinski definition) is 9. The molecule has 2 unspecified atom stereocenters. The molecule has 0 spiro atoms. The van der Waals surface area contributed by atoms with Gasteiger partial charge in [0.05, 0.1) is 16.7 Å². The Morgan fingerprint density at radius 2 is 1.37 bits per heavy atom. The number of aryl methyl sites for hydroxylation is 2. The van der Waals surface area contributed by atoms with Crippen LogP contribution in [-0.4, -0.2) is 73.9 Å². The van der Waals surface area contributed by atoms with Crippen molar-refractivity contribution < 1.29 is 14.7 Å². The van der Waals surface area contributed by atoms with Gasteiger partial charge in [0, 0.05) is 35.3 Å². The summed E-state index contributed by atoms with van der Waals surface area (Å²) >= 11 is 15.6. The number of aliphatic carboxylic acids is 1. The van der Waals surface area contributed by atoms with Gasteiger partial charge in [0.15, 0.2) is 0 Å². The molecule has 1 aromatic carbocycles. The van der Waals surface area contributed by atoms with Gasteiger partial charge in [-0.25, -0.2) is 19.9 Å². The first kappa shape index (κ1) is 32.7. The number of carboxylic acids is 1. The van der Waals surface area contributed by atoms with Crippen LogP contribution in [0.15, 0.2) is 43.0 Å². The minimum absolute atomic E-state index is 0.00757. The number of aromatic nitrogens is 4. The van der Waals surface area contributed by atoms with Crippen molar-refractivity contribution in [2.24, 2.45) is 11.8 Å². The quantitative estimate of drug-likeness (QED) is 0.190. The van der Waals surface area contributed by atoms with E-state index in [2.05, 4.69) is 37.0 Å². The molecule has 7 rings (SSSR count). The monoisotopic (exact) mass is 696 g/mol. The number of fused-ring (bicyclic) bond motifs is 6. The Morgan fingerprint density at radius 1 is 0.826 bits per heavy atom. The van der Waals surface area contributed by atoms with Crippen molar-refractivity contribution in [3.8, 4) is 0 Å². The number of thiophene rings is 2. The maximum Gasteiger partial charge on any atom is 0.306 e. The van der Waals surface area contributed by atoms with E-state index in [0.717, 1.165) is 69.6 Å². The molecule has 0 bridgehead atoms. The van der Waals surface area contributed by atoms with Crippen LogP contribution in [-0.2, 0) is 41.8 Å². The van der Waals surface area contributed by atoms with Crippen LogP contribution in [0.25, 0.3) is 20.4 Å². The average molecular weight is 698 g/mol. The molecule has 2 aliphatic carbocycles. The normalized spacial score (nSPS) is 17.3. The molecule has 9 nitrogen and oxygen atoms in total. The van der Waals surface area contributed by atoms with Crippen molar-refractivity contribution >= 4 is 78.2 Å². The highest BCUT2D eigenvalue weighted by Crippen LogP contribution is 2.41. The molecular weight excluding hydrogens is 663 g/mol. The lowest BCUT2D eigenvalue weighted by Gasteiger charge is -2.30. The van der Waals surface area contributed by atoms with Gasteiger partial charge in [-0.05, 0) is 69.3 Å². The molecule has 5 aromatic rings. The molecule has 13 heteroatoms. The SMILES string of the molecule is CN(C)CCN(Cc1ccccc1)C(=O)C1CCc2c(sc3ncnc(Cl)c23)C1.O=C(O)C1CCc2c(sc3ncnc(Cl)c23)C1. The number of benzene rings is 1. The van der Waals surface area contributed by atoms with Gasteiger partial charge < -0.3 is 14.9 Å². The third-order valence-electron chi connectivity index (χ3n) is 8.64. The predicted octanol–water partition coefficient (Wildman–Crippen LogP) is 6.57.